The first-order chi connectivity index (χ1) is 7.00. The van der Waals surface area contributed by atoms with Gasteiger partial charge < -0.3 is 5.11 Å². The van der Waals surface area contributed by atoms with E-state index in [1.54, 1.807) is 0 Å². The Kier molecular flexibility index (Phi) is 3.28. The third-order valence-electron chi connectivity index (χ3n) is 3.98. The molecule has 2 atom stereocenters. The van der Waals surface area contributed by atoms with Crippen LogP contribution in [-0.4, -0.2) is 16.5 Å². The summed E-state index contributed by atoms with van der Waals surface area (Å²) in [6.07, 6.45) is 2.55. The van der Waals surface area contributed by atoms with E-state index in [4.69, 9.17) is 0 Å². The van der Waals surface area contributed by atoms with Gasteiger partial charge in [-0.15, -0.1) is 0 Å². The Morgan fingerprint density at radius 2 is 1.69 bits per heavy atom. The zero-order valence-electron chi connectivity index (χ0n) is 11.6. The molecule has 1 aliphatic rings. The molecule has 16 heavy (non-hydrogen) atoms. The van der Waals surface area contributed by atoms with Crippen LogP contribution in [-0.2, 0) is 4.79 Å². The van der Waals surface area contributed by atoms with Crippen LogP contribution in [0.1, 0.15) is 60.8 Å². The summed E-state index contributed by atoms with van der Waals surface area (Å²) < 4.78 is 0. The lowest BCUT2D eigenvalue weighted by atomic mass is 9.66. The molecule has 0 aromatic carbocycles. The number of rotatable bonds is 1. The highest BCUT2D eigenvalue weighted by molar-refractivity contribution is 5.87. The third-order valence-corrected chi connectivity index (χ3v) is 3.98. The van der Waals surface area contributed by atoms with Gasteiger partial charge in [-0.1, -0.05) is 41.5 Å². The van der Waals surface area contributed by atoms with Gasteiger partial charge in [-0.2, -0.15) is 0 Å². The van der Waals surface area contributed by atoms with Crippen LogP contribution in [0.4, 0.5) is 0 Å². The number of Topliss-reactive ketones (excluding diaryl/α,β-unsaturated/α-hetero) is 1. The molecule has 0 unspecified atom stereocenters. The monoisotopic (exact) mass is 226 g/mol. The summed E-state index contributed by atoms with van der Waals surface area (Å²) in [4.78, 5) is 12.4. The molecule has 1 aliphatic carbocycles. The molecule has 1 rings (SSSR count). The number of carbonyl (C=O) groups excluding carboxylic acids is 1. The number of hydrogen-bond donors (Lipinski definition) is 1. The standard InChI is InChI=1S/C14H26O2/c1-12(2,3)11(15)10-8-7-9-14(10,16)13(4,5)6/h10,16H,7-9H2,1-6H3/t10-,14-/m0/s1. The smallest absolute Gasteiger partial charge is 0.144 e. The van der Waals surface area contributed by atoms with Crippen molar-refractivity contribution in [3.8, 4) is 0 Å². The molecule has 0 saturated heterocycles. The maximum atomic E-state index is 12.4. The van der Waals surface area contributed by atoms with E-state index < -0.39 is 5.60 Å². The van der Waals surface area contributed by atoms with Crippen LogP contribution in [0.2, 0.25) is 0 Å². The van der Waals surface area contributed by atoms with Gasteiger partial charge in [0.15, 0.2) is 0 Å². The molecular formula is C14H26O2. The molecule has 0 bridgehead atoms. The number of carbonyl (C=O) groups is 1. The van der Waals surface area contributed by atoms with E-state index in [1.807, 2.05) is 41.5 Å². The highest BCUT2D eigenvalue weighted by Gasteiger charge is 2.53. The second kappa shape index (κ2) is 3.83. The number of ketones is 1. The van der Waals surface area contributed by atoms with E-state index in [9.17, 15) is 9.90 Å². The summed E-state index contributed by atoms with van der Waals surface area (Å²) in [6.45, 7) is 11.9. The highest BCUT2D eigenvalue weighted by Crippen LogP contribution is 2.49. The van der Waals surface area contributed by atoms with E-state index in [1.165, 1.54) is 0 Å². The molecule has 1 N–H and O–H groups in total. The zero-order valence-corrected chi connectivity index (χ0v) is 11.6. The van der Waals surface area contributed by atoms with Crippen molar-refractivity contribution in [1.29, 1.82) is 0 Å². The van der Waals surface area contributed by atoms with Crippen LogP contribution in [0, 0.1) is 16.7 Å². The Labute approximate surface area is 99.4 Å². The van der Waals surface area contributed by atoms with E-state index in [-0.39, 0.29) is 22.5 Å². The van der Waals surface area contributed by atoms with E-state index in [0.717, 1.165) is 19.3 Å². The molecule has 0 radical (unpaired) electrons. The summed E-state index contributed by atoms with van der Waals surface area (Å²) in [7, 11) is 0. The van der Waals surface area contributed by atoms with Crippen molar-refractivity contribution in [3.63, 3.8) is 0 Å². The van der Waals surface area contributed by atoms with Crippen LogP contribution in [0.25, 0.3) is 0 Å². The van der Waals surface area contributed by atoms with Crippen LogP contribution in [0.3, 0.4) is 0 Å². The minimum atomic E-state index is -0.822. The van der Waals surface area contributed by atoms with Gasteiger partial charge in [0.25, 0.3) is 0 Å². The maximum Gasteiger partial charge on any atom is 0.144 e. The molecule has 0 heterocycles. The van der Waals surface area contributed by atoms with Gasteiger partial charge in [0.1, 0.15) is 5.78 Å². The molecule has 1 fully saturated rings. The SMILES string of the molecule is CC(C)(C)C(=O)[C@@H]1CCC[C@@]1(O)C(C)(C)C. The Morgan fingerprint density at radius 1 is 1.19 bits per heavy atom. The minimum Gasteiger partial charge on any atom is -0.389 e. The van der Waals surface area contributed by atoms with Gasteiger partial charge in [-0.3, -0.25) is 4.79 Å². The second-order valence-corrected chi connectivity index (χ2v) is 7.23. The fraction of sp³-hybridized carbons (Fsp3) is 0.929. The van der Waals surface area contributed by atoms with E-state index in [0.29, 0.717) is 0 Å². The van der Waals surface area contributed by atoms with Crippen molar-refractivity contribution >= 4 is 5.78 Å². The molecule has 2 nitrogen and oxygen atoms in total. The van der Waals surface area contributed by atoms with E-state index >= 15 is 0 Å². The van der Waals surface area contributed by atoms with Crippen LogP contribution < -0.4 is 0 Å². The first-order valence-electron chi connectivity index (χ1n) is 6.27. The first-order valence-corrected chi connectivity index (χ1v) is 6.27. The van der Waals surface area contributed by atoms with Crippen LogP contribution in [0.15, 0.2) is 0 Å². The lowest BCUT2D eigenvalue weighted by molar-refractivity contribution is -0.147. The van der Waals surface area contributed by atoms with Gasteiger partial charge in [-0.05, 0) is 24.7 Å². The number of hydrogen-bond acceptors (Lipinski definition) is 2. The molecule has 0 aromatic heterocycles. The average Bonchev–Trinajstić information content (AvgIpc) is 2.44. The molecule has 0 amide bonds. The summed E-state index contributed by atoms with van der Waals surface area (Å²) in [5, 5.41) is 10.8. The van der Waals surface area contributed by atoms with Crippen molar-refractivity contribution in [2.45, 2.75) is 66.4 Å². The predicted octanol–water partition coefficient (Wildman–Crippen LogP) is 3.18. The average molecular weight is 226 g/mol. The molecule has 1 saturated carbocycles. The minimum absolute atomic E-state index is 0.188. The summed E-state index contributed by atoms with van der Waals surface area (Å²) in [5.74, 6) is 0.0231. The van der Waals surface area contributed by atoms with Crippen molar-refractivity contribution < 1.29 is 9.90 Å². The molecule has 94 valence electrons. The van der Waals surface area contributed by atoms with Crippen LogP contribution in [0.5, 0.6) is 0 Å². The largest absolute Gasteiger partial charge is 0.389 e. The van der Waals surface area contributed by atoms with Crippen molar-refractivity contribution in [3.05, 3.63) is 0 Å². The van der Waals surface area contributed by atoms with Crippen molar-refractivity contribution in [1.82, 2.24) is 0 Å². The predicted molar refractivity (Wildman–Crippen MR) is 66.2 cm³/mol. The highest BCUT2D eigenvalue weighted by atomic mass is 16.3. The molecule has 0 aliphatic heterocycles. The summed E-state index contributed by atoms with van der Waals surface area (Å²) >= 11 is 0. The summed E-state index contributed by atoms with van der Waals surface area (Å²) in [6, 6.07) is 0. The Bertz CT molecular complexity index is 280. The van der Waals surface area contributed by atoms with Crippen molar-refractivity contribution in [2.75, 3.05) is 0 Å². The fourth-order valence-corrected chi connectivity index (χ4v) is 2.76. The van der Waals surface area contributed by atoms with Gasteiger partial charge in [0, 0.05) is 11.3 Å². The zero-order chi connectivity index (χ0) is 12.8. The number of aliphatic hydroxyl groups is 1. The summed E-state index contributed by atoms with van der Waals surface area (Å²) in [5.41, 5.74) is -1.40. The van der Waals surface area contributed by atoms with Gasteiger partial charge in [-0.25, -0.2) is 0 Å². The maximum absolute atomic E-state index is 12.4. The topological polar surface area (TPSA) is 37.3 Å². The molecule has 0 spiro atoms. The lowest BCUT2D eigenvalue weighted by Crippen LogP contribution is -2.50. The Balaban J connectivity index is 3.02. The van der Waals surface area contributed by atoms with Gasteiger partial charge in [0.05, 0.1) is 5.60 Å². The normalized spacial score (nSPS) is 31.8. The van der Waals surface area contributed by atoms with Gasteiger partial charge in [0.2, 0.25) is 0 Å². The van der Waals surface area contributed by atoms with E-state index in [2.05, 4.69) is 0 Å². The fourth-order valence-electron chi connectivity index (χ4n) is 2.76. The molecular weight excluding hydrogens is 200 g/mol. The Morgan fingerprint density at radius 3 is 2.06 bits per heavy atom. The lowest BCUT2D eigenvalue weighted by Gasteiger charge is -2.43. The molecule has 0 aromatic rings. The van der Waals surface area contributed by atoms with Crippen molar-refractivity contribution in [2.24, 2.45) is 16.7 Å². The van der Waals surface area contributed by atoms with Gasteiger partial charge >= 0.3 is 0 Å². The first kappa shape index (κ1) is 13.7. The Hall–Kier alpha value is -0.370. The molecule has 2 heteroatoms. The van der Waals surface area contributed by atoms with Crippen LogP contribution >= 0.6 is 0 Å². The third kappa shape index (κ3) is 2.17. The quantitative estimate of drug-likeness (QED) is 0.745. The second-order valence-electron chi connectivity index (χ2n) is 7.23.